The molecule has 0 unspecified atom stereocenters. The minimum atomic E-state index is -1.04. The van der Waals surface area contributed by atoms with Gasteiger partial charge in [0.25, 0.3) is 5.56 Å². The first kappa shape index (κ1) is 21.9. The molecule has 8 nitrogen and oxygen atoms in total. The van der Waals surface area contributed by atoms with Crippen molar-refractivity contribution in [3.8, 4) is 5.69 Å². The lowest BCUT2D eigenvalue weighted by atomic mass is 9.91. The summed E-state index contributed by atoms with van der Waals surface area (Å²) in [5, 5.41) is 35.2. The Labute approximate surface area is 189 Å². The Hall–Kier alpha value is -4.33. The molecule has 4 rings (SSSR count). The molecule has 0 fully saturated rings. The first-order valence-corrected chi connectivity index (χ1v) is 10.3. The minimum Gasteiger partial charge on any atom is -0.612 e. The van der Waals surface area contributed by atoms with Crippen LogP contribution in [0.3, 0.4) is 0 Å². The number of aryl methyl sites for hydroxylation is 1. The highest BCUT2D eigenvalue weighted by Gasteiger charge is 2.22. The molecule has 2 aliphatic rings. The second-order valence-electron chi connectivity index (χ2n) is 8.11. The van der Waals surface area contributed by atoms with Crippen LogP contribution in [0.1, 0.15) is 41.9 Å². The van der Waals surface area contributed by atoms with Crippen molar-refractivity contribution in [3.05, 3.63) is 114 Å². The van der Waals surface area contributed by atoms with Crippen LogP contribution in [0.5, 0.6) is 0 Å². The van der Waals surface area contributed by atoms with E-state index in [-0.39, 0.29) is 21.7 Å². The van der Waals surface area contributed by atoms with Gasteiger partial charge in [0.05, 0.1) is 22.4 Å². The Morgan fingerprint density at radius 3 is 2.39 bits per heavy atom. The van der Waals surface area contributed by atoms with E-state index >= 15 is 0 Å². The Morgan fingerprint density at radius 2 is 1.76 bits per heavy atom. The fourth-order valence-corrected chi connectivity index (χ4v) is 3.89. The zero-order chi connectivity index (χ0) is 23.9. The van der Waals surface area contributed by atoms with Crippen LogP contribution in [-0.2, 0) is 0 Å². The number of rotatable bonds is 3. The second-order valence-corrected chi connectivity index (χ2v) is 8.11. The van der Waals surface area contributed by atoms with E-state index in [4.69, 9.17) is 5.11 Å². The molecule has 2 N–H and O–H groups in total. The van der Waals surface area contributed by atoms with E-state index in [1.165, 1.54) is 16.8 Å². The summed E-state index contributed by atoms with van der Waals surface area (Å²) in [4.78, 5) is 23.7. The number of hydrogen-bond acceptors (Lipinski definition) is 4. The van der Waals surface area contributed by atoms with E-state index in [1.54, 1.807) is 31.2 Å². The van der Waals surface area contributed by atoms with Crippen LogP contribution in [0.15, 0.2) is 81.2 Å². The van der Waals surface area contributed by atoms with Crippen molar-refractivity contribution in [2.75, 3.05) is 0 Å². The van der Waals surface area contributed by atoms with Gasteiger partial charge in [0, 0.05) is 11.8 Å². The van der Waals surface area contributed by atoms with Gasteiger partial charge in [0.1, 0.15) is 0 Å². The summed E-state index contributed by atoms with van der Waals surface area (Å²) in [6, 6.07) is 6.02. The van der Waals surface area contributed by atoms with Crippen molar-refractivity contribution in [2.45, 2.75) is 27.2 Å². The minimum absolute atomic E-state index is 0.0731. The van der Waals surface area contributed by atoms with Gasteiger partial charge in [-0.05, 0) is 85.9 Å². The number of aromatic carboxylic acids is 1. The molecule has 168 valence electrons. The van der Waals surface area contributed by atoms with Gasteiger partial charge in [-0.2, -0.15) is 4.90 Å². The van der Waals surface area contributed by atoms with Crippen LogP contribution in [0.2, 0.25) is 0 Å². The monoisotopic (exact) mass is 444 g/mol. The van der Waals surface area contributed by atoms with Gasteiger partial charge in [-0.3, -0.25) is 9.89 Å². The molecule has 0 atom stereocenters. The summed E-state index contributed by atoms with van der Waals surface area (Å²) in [7, 11) is 0. The van der Waals surface area contributed by atoms with Crippen LogP contribution in [-0.4, -0.2) is 31.5 Å². The lowest BCUT2D eigenvalue weighted by Crippen LogP contribution is -2.16. The predicted molar refractivity (Wildman–Crippen MR) is 126 cm³/mol. The third-order valence-electron chi connectivity index (χ3n) is 5.87. The van der Waals surface area contributed by atoms with Crippen molar-refractivity contribution in [3.63, 3.8) is 0 Å². The first-order chi connectivity index (χ1) is 15.7. The molecule has 33 heavy (non-hydrogen) atoms. The molecule has 0 spiro atoms. The van der Waals surface area contributed by atoms with Gasteiger partial charge in [0.15, 0.2) is 0 Å². The predicted octanol–water partition coefficient (Wildman–Crippen LogP) is 4.17. The quantitative estimate of drug-likeness (QED) is 0.543. The number of carboxylic acid groups (broad SMARTS) is 1. The fraction of sp³-hybridized carbons (Fsp3) is 0.160. The van der Waals surface area contributed by atoms with Crippen LogP contribution >= 0.6 is 0 Å². The maximum atomic E-state index is 13.0. The van der Waals surface area contributed by atoms with Crippen LogP contribution < -0.4 is 5.56 Å². The van der Waals surface area contributed by atoms with Crippen LogP contribution in [0, 0.1) is 17.3 Å². The highest BCUT2D eigenvalue weighted by molar-refractivity contribution is 6.10. The Bertz CT molecular complexity index is 1400. The largest absolute Gasteiger partial charge is 0.612 e. The molecule has 0 saturated heterocycles. The third kappa shape index (κ3) is 4.10. The molecule has 0 saturated carbocycles. The molecule has 0 amide bonds. The highest BCUT2D eigenvalue weighted by atomic mass is 16.8. The van der Waals surface area contributed by atoms with Crippen molar-refractivity contribution in [2.24, 2.45) is 0 Å². The number of benzene rings is 1. The summed E-state index contributed by atoms with van der Waals surface area (Å²) in [5.41, 5.74) is 5.74. The molecular weight excluding hydrogens is 422 g/mol. The Balaban J connectivity index is 1.68. The summed E-state index contributed by atoms with van der Waals surface area (Å²) >= 11 is 0. The average Bonchev–Trinajstić information content (AvgIpc) is 3.35. The van der Waals surface area contributed by atoms with Crippen molar-refractivity contribution in [1.82, 2.24) is 9.78 Å². The number of carboxylic acids is 1. The Kier molecular flexibility index (Phi) is 5.51. The number of aromatic nitrogens is 2. The van der Waals surface area contributed by atoms with E-state index in [9.17, 15) is 20.0 Å². The molecule has 8 heteroatoms. The third-order valence-corrected chi connectivity index (χ3v) is 5.87. The number of nitrogens with zero attached hydrogens (tertiary/aromatic N) is 2. The smallest absolute Gasteiger partial charge is 0.335 e. The summed E-state index contributed by atoms with van der Waals surface area (Å²) < 4.78 is 1.37. The average molecular weight is 444 g/mol. The molecule has 0 bridgehead atoms. The van der Waals surface area contributed by atoms with Gasteiger partial charge in [-0.25, -0.2) is 9.48 Å². The van der Waals surface area contributed by atoms with E-state index in [0.29, 0.717) is 28.9 Å². The van der Waals surface area contributed by atoms with Gasteiger partial charge in [0.2, 0.25) is 5.71 Å². The first-order valence-electron chi connectivity index (χ1n) is 10.3. The van der Waals surface area contributed by atoms with E-state index in [1.807, 2.05) is 32.1 Å². The van der Waals surface area contributed by atoms with Gasteiger partial charge >= 0.3 is 5.97 Å². The lowest BCUT2D eigenvalue weighted by molar-refractivity contribution is -0.377. The van der Waals surface area contributed by atoms with Gasteiger partial charge in [-0.1, -0.05) is 12.2 Å². The van der Waals surface area contributed by atoms with Crippen molar-refractivity contribution < 1.29 is 14.8 Å². The molecule has 2 aromatic rings. The molecule has 1 aromatic heterocycles. The number of hydrogen-bond donors (Lipinski definition) is 2. The molecule has 1 aromatic carbocycles. The number of H-pyrrole nitrogens is 1. The van der Waals surface area contributed by atoms with E-state index < -0.39 is 5.97 Å². The molecule has 0 aliphatic heterocycles. The topological polar surface area (TPSA) is 124 Å². The maximum Gasteiger partial charge on any atom is 0.335 e. The molecule has 0 radical (unpaired) electrons. The highest BCUT2D eigenvalue weighted by Crippen LogP contribution is 2.31. The normalized spacial score (nSPS) is 19.1. The SMILES string of the molecule is CC1=CC(=C2C=CC(=Cc3c(C)[nH]n(-c4ccc(C(=O)O)cc4)c3=O)C2)C(=[N+]([O-])[O-])C=C1C. The molecule has 2 aliphatic carbocycles. The van der Waals surface area contributed by atoms with Crippen molar-refractivity contribution >= 4 is 17.8 Å². The summed E-state index contributed by atoms with van der Waals surface area (Å²) in [5.74, 6) is -1.04. The van der Waals surface area contributed by atoms with Crippen molar-refractivity contribution in [1.29, 1.82) is 0 Å². The number of aromatic amines is 1. The maximum absolute atomic E-state index is 13.0. The number of carbonyl (C=O) groups is 1. The van der Waals surface area contributed by atoms with E-state index in [2.05, 4.69) is 5.10 Å². The molecule has 1 heterocycles. The lowest BCUT2D eigenvalue weighted by Gasteiger charge is -2.17. The standard InChI is InChI=1S/C25H22N3O5/c1-14-10-22(23(28(32)33)11-15(14)2)19-5-4-17(12-19)13-21-16(3)26-27(24(21)29)20-8-6-18(7-9-20)25(30)31/h4-11,13H,12H2,1-3H3,(H2-,26,29,30,31,32,33)/q-1. The fourth-order valence-electron chi connectivity index (χ4n) is 3.89. The van der Waals surface area contributed by atoms with Crippen LogP contribution in [0.25, 0.3) is 11.8 Å². The summed E-state index contributed by atoms with van der Waals surface area (Å²) in [6.45, 7) is 5.56. The number of nitrogens with one attached hydrogen (secondary N) is 1. The molecular formula is C25H22N3O5-. The van der Waals surface area contributed by atoms with Gasteiger partial charge in [-0.15, -0.1) is 0 Å². The summed E-state index contributed by atoms with van der Waals surface area (Å²) in [6.07, 6.45) is 9.41. The van der Waals surface area contributed by atoms with Crippen LogP contribution in [0.4, 0.5) is 0 Å². The Morgan fingerprint density at radius 1 is 1.09 bits per heavy atom. The van der Waals surface area contributed by atoms with E-state index in [0.717, 1.165) is 22.3 Å². The van der Waals surface area contributed by atoms with Gasteiger partial charge < -0.3 is 15.5 Å². The second kappa shape index (κ2) is 8.31. The zero-order valence-corrected chi connectivity index (χ0v) is 18.4. The zero-order valence-electron chi connectivity index (χ0n) is 18.4. The number of allylic oxidation sites excluding steroid dienone is 9.